The van der Waals surface area contributed by atoms with Gasteiger partial charge in [0.15, 0.2) is 0 Å². The third-order valence-corrected chi connectivity index (χ3v) is 4.17. The summed E-state index contributed by atoms with van der Waals surface area (Å²) in [5.74, 6) is 0. The van der Waals surface area contributed by atoms with Crippen molar-refractivity contribution in [2.24, 2.45) is 0 Å². The third kappa shape index (κ3) is 2.11. The van der Waals surface area contributed by atoms with E-state index in [4.69, 9.17) is 0 Å². The van der Waals surface area contributed by atoms with Gasteiger partial charge in [-0.2, -0.15) is 0 Å². The molecule has 1 aliphatic carbocycles. The zero-order chi connectivity index (χ0) is 14.9. The highest BCUT2D eigenvalue weighted by atomic mass is 14.7. The van der Waals surface area contributed by atoms with E-state index in [1.54, 1.807) is 0 Å². The smallest absolute Gasteiger partial charge is 0.0468 e. The van der Waals surface area contributed by atoms with Gasteiger partial charge < -0.3 is 4.98 Å². The highest BCUT2D eigenvalue weighted by Crippen LogP contribution is 2.32. The first-order valence-electron chi connectivity index (χ1n) is 7.55. The summed E-state index contributed by atoms with van der Waals surface area (Å²) in [7, 11) is 0. The first-order valence-corrected chi connectivity index (χ1v) is 7.55. The molecule has 0 fully saturated rings. The lowest BCUT2D eigenvalue weighted by atomic mass is 10.00. The summed E-state index contributed by atoms with van der Waals surface area (Å²) in [5.41, 5.74) is 4.72. The van der Waals surface area contributed by atoms with Crippen LogP contribution in [0.25, 0.3) is 27.8 Å². The van der Waals surface area contributed by atoms with Crippen molar-refractivity contribution in [3.8, 4) is 0 Å². The molecule has 0 radical (unpaired) electrons. The van der Waals surface area contributed by atoms with Gasteiger partial charge in [-0.05, 0) is 40.5 Å². The second-order valence-corrected chi connectivity index (χ2v) is 5.63. The van der Waals surface area contributed by atoms with Gasteiger partial charge in [-0.25, -0.2) is 0 Å². The fourth-order valence-electron chi connectivity index (χ4n) is 3.10. The quantitative estimate of drug-likeness (QED) is 0.556. The van der Waals surface area contributed by atoms with Gasteiger partial charge in [-0.15, -0.1) is 0 Å². The molecule has 0 atom stereocenters. The Bertz CT molecular complexity index is 964. The van der Waals surface area contributed by atoms with Crippen LogP contribution in [0.2, 0.25) is 0 Å². The van der Waals surface area contributed by atoms with Crippen LogP contribution in [0.15, 0.2) is 78.9 Å². The molecule has 0 saturated heterocycles. The molecule has 3 aromatic rings. The van der Waals surface area contributed by atoms with E-state index in [0.29, 0.717) is 0 Å². The highest BCUT2D eigenvalue weighted by molar-refractivity contribution is 6.09. The van der Waals surface area contributed by atoms with Gasteiger partial charge in [-0.1, -0.05) is 67.3 Å². The van der Waals surface area contributed by atoms with Gasteiger partial charge in [0, 0.05) is 16.6 Å². The molecule has 0 unspecified atom stereocenters. The Balaban J connectivity index is 2.05. The molecule has 0 amide bonds. The first-order chi connectivity index (χ1) is 10.8. The minimum Gasteiger partial charge on any atom is -0.355 e. The van der Waals surface area contributed by atoms with Crippen molar-refractivity contribution in [1.82, 2.24) is 4.98 Å². The molecule has 0 bridgehead atoms. The Morgan fingerprint density at radius 2 is 1.82 bits per heavy atom. The summed E-state index contributed by atoms with van der Waals surface area (Å²) in [5, 5.41) is 3.93. The van der Waals surface area contributed by atoms with Gasteiger partial charge in [0.1, 0.15) is 0 Å². The molecule has 1 aromatic heterocycles. The molecule has 1 aliphatic rings. The third-order valence-electron chi connectivity index (χ3n) is 4.17. The highest BCUT2D eigenvalue weighted by Gasteiger charge is 2.11. The Kier molecular flexibility index (Phi) is 3.05. The van der Waals surface area contributed by atoms with Gasteiger partial charge in [0.2, 0.25) is 0 Å². The second kappa shape index (κ2) is 5.19. The molecule has 22 heavy (non-hydrogen) atoms. The predicted octanol–water partition coefficient (Wildman–Crippen LogP) is 5.56. The molecule has 2 aromatic carbocycles. The summed E-state index contributed by atoms with van der Waals surface area (Å²) < 4.78 is 0. The normalized spacial score (nSPS) is 19.0. The van der Waals surface area contributed by atoms with Crippen molar-refractivity contribution < 1.29 is 0 Å². The first kappa shape index (κ1) is 12.9. The van der Waals surface area contributed by atoms with E-state index >= 15 is 0 Å². The lowest BCUT2D eigenvalue weighted by Crippen LogP contribution is -1.85. The summed E-state index contributed by atoms with van der Waals surface area (Å²) in [6.45, 7) is 4.04. The molecule has 4 rings (SSSR count). The number of hydrogen-bond acceptors (Lipinski definition) is 0. The van der Waals surface area contributed by atoms with Gasteiger partial charge in [0.05, 0.1) is 0 Å². The van der Waals surface area contributed by atoms with Crippen LogP contribution >= 0.6 is 0 Å². The number of aromatic amines is 1. The standard InChI is InChI=1S/C21H17N/c1-15-7-3-2-4-10-18-19(13-11-15)22-20-14-12-16-8-5-6-9-17(16)21(18)20/h2-9,11-14,22H,1,10H2/b4-2-,7-3-,13-11-. The fourth-order valence-corrected chi connectivity index (χ4v) is 3.10. The van der Waals surface area contributed by atoms with Crippen LogP contribution in [0.4, 0.5) is 0 Å². The van der Waals surface area contributed by atoms with Crippen LogP contribution in [0.1, 0.15) is 11.3 Å². The number of benzene rings is 2. The fraction of sp³-hybridized carbons (Fsp3) is 0.0476. The lowest BCUT2D eigenvalue weighted by Gasteiger charge is -2.03. The summed E-state index contributed by atoms with van der Waals surface area (Å²) in [6.07, 6.45) is 13.5. The van der Waals surface area contributed by atoms with E-state index in [1.807, 2.05) is 12.2 Å². The largest absolute Gasteiger partial charge is 0.355 e. The molecule has 1 heteroatoms. The number of allylic oxidation sites excluding steroid dienone is 6. The topological polar surface area (TPSA) is 15.8 Å². The minimum atomic E-state index is 0.921. The number of nitrogens with one attached hydrogen (secondary N) is 1. The Morgan fingerprint density at radius 1 is 0.909 bits per heavy atom. The molecule has 0 spiro atoms. The van der Waals surface area contributed by atoms with Crippen LogP contribution in [0.3, 0.4) is 0 Å². The van der Waals surface area contributed by atoms with Crippen molar-refractivity contribution >= 4 is 27.8 Å². The number of H-pyrrole nitrogens is 1. The van der Waals surface area contributed by atoms with Gasteiger partial charge in [-0.3, -0.25) is 0 Å². The molecule has 0 saturated carbocycles. The summed E-state index contributed by atoms with van der Waals surface area (Å²) in [4.78, 5) is 3.56. The molecule has 1 nitrogen and oxygen atoms in total. The van der Waals surface area contributed by atoms with Crippen molar-refractivity contribution in [2.75, 3.05) is 0 Å². The summed E-state index contributed by atoms with van der Waals surface area (Å²) in [6, 6.07) is 12.9. The van der Waals surface area contributed by atoms with Crippen LogP contribution in [0, 0.1) is 0 Å². The maximum Gasteiger partial charge on any atom is 0.0468 e. The van der Waals surface area contributed by atoms with Crippen LogP contribution in [0.5, 0.6) is 0 Å². The number of hydrogen-bond donors (Lipinski definition) is 1. The summed E-state index contributed by atoms with van der Waals surface area (Å²) >= 11 is 0. The SMILES string of the molecule is C=C1/C=C\C=C/Cc2c([nH]c3ccc4ccccc4c23)/C=C\1. The molecule has 1 N–H and O–H groups in total. The second-order valence-electron chi connectivity index (χ2n) is 5.63. The van der Waals surface area contributed by atoms with E-state index in [-0.39, 0.29) is 0 Å². The lowest BCUT2D eigenvalue weighted by molar-refractivity contribution is 1.26. The van der Waals surface area contributed by atoms with Crippen molar-refractivity contribution in [3.05, 3.63) is 90.2 Å². The van der Waals surface area contributed by atoms with E-state index < -0.39 is 0 Å². The zero-order valence-corrected chi connectivity index (χ0v) is 12.3. The molecular formula is C21H17N. The molecule has 0 aliphatic heterocycles. The maximum atomic E-state index is 4.04. The van der Waals surface area contributed by atoms with Gasteiger partial charge >= 0.3 is 0 Å². The van der Waals surface area contributed by atoms with Gasteiger partial charge in [0.25, 0.3) is 0 Å². The maximum absolute atomic E-state index is 4.04. The van der Waals surface area contributed by atoms with E-state index in [2.05, 4.69) is 72.3 Å². The van der Waals surface area contributed by atoms with Crippen LogP contribution in [-0.2, 0) is 6.42 Å². The Morgan fingerprint density at radius 3 is 2.77 bits per heavy atom. The predicted molar refractivity (Wildman–Crippen MR) is 96.0 cm³/mol. The monoisotopic (exact) mass is 283 g/mol. The van der Waals surface area contributed by atoms with Crippen LogP contribution in [-0.4, -0.2) is 4.98 Å². The molecule has 1 heterocycles. The van der Waals surface area contributed by atoms with E-state index in [9.17, 15) is 0 Å². The molecule has 106 valence electrons. The van der Waals surface area contributed by atoms with E-state index in [1.165, 1.54) is 32.9 Å². The van der Waals surface area contributed by atoms with Crippen molar-refractivity contribution in [3.63, 3.8) is 0 Å². The average Bonchev–Trinajstić information content (AvgIpc) is 2.91. The van der Waals surface area contributed by atoms with Crippen molar-refractivity contribution in [1.29, 1.82) is 0 Å². The van der Waals surface area contributed by atoms with E-state index in [0.717, 1.165) is 12.0 Å². The Labute approximate surface area is 130 Å². The number of fused-ring (bicyclic) bond motifs is 5. The van der Waals surface area contributed by atoms with Crippen LogP contribution < -0.4 is 0 Å². The Hall–Kier alpha value is -2.80. The zero-order valence-electron chi connectivity index (χ0n) is 12.3. The molecular weight excluding hydrogens is 266 g/mol. The average molecular weight is 283 g/mol. The number of aromatic nitrogens is 1. The minimum absolute atomic E-state index is 0.921. The van der Waals surface area contributed by atoms with Crippen molar-refractivity contribution in [2.45, 2.75) is 6.42 Å². The number of rotatable bonds is 0.